The van der Waals surface area contributed by atoms with Crippen molar-refractivity contribution in [3.05, 3.63) is 101 Å². The SMILES string of the molecule is [2H]C([2H])([2H])Oc1ncc(-c2ccnc(N3CCn4c(cc5c4CC(C)(C)C5)C3=O)c2[C@H](C)O)cc1Nc1ccc(N2CCN(C3CCN(c4ccc5c(c4)C(=O)N(C4CCC(=O)N(C(C)OP(=O)(O)O)C4=O)C5=O)CC3)C[C@@H]2C)cn1. The van der Waals surface area contributed by atoms with Gasteiger partial charge in [0.1, 0.15) is 35.3 Å². The Kier molecular flexibility index (Phi) is 12.8. The second-order valence-corrected chi connectivity index (χ2v) is 23.1. The summed E-state index contributed by atoms with van der Waals surface area (Å²) in [5.74, 6) is -2.71. The first-order valence-electron chi connectivity index (χ1n) is 27.8. The van der Waals surface area contributed by atoms with Gasteiger partial charge in [-0.25, -0.2) is 19.5 Å². The third-order valence-electron chi connectivity index (χ3n) is 16.2. The highest BCUT2D eigenvalue weighted by Gasteiger charge is 2.49. The molecule has 4 N–H and O–H groups in total. The Morgan fingerprint density at radius 2 is 1.60 bits per heavy atom. The number of anilines is 5. The number of piperazine rings is 1. The summed E-state index contributed by atoms with van der Waals surface area (Å²) in [6.45, 7) is 14.0. The number of likely N-dealkylation sites (tertiary alicyclic amines) is 1. The van der Waals surface area contributed by atoms with Crippen molar-refractivity contribution in [3.8, 4) is 17.0 Å². The number of pyridine rings is 3. The maximum Gasteiger partial charge on any atom is 0.471 e. The molecule has 6 aliphatic rings. The maximum absolute atomic E-state index is 14.2. The maximum atomic E-state index is 14.2. The lowest BCUT2D eigenvalue weighted by Crippen LogP contribution is -2.58. The number of nitrogens with one attached hydrogen (secondary N) is 1. The molecule has 4 atom stereocenters. The van der Waals surface area contributed by atoms with Gasteiger partial charge in [0, 0.05) is 99.2 Å². The van der Waals surface area contributed by atoms with Crippen LogP contribution < -0.4 is 24.8 Å². The summed E-state index contributed by atoms with van der Waals surface area (Å²) in [5.41, 5.74) is 6.74. The molecule has 1 aromatic carbocycles. The molecule has 3 fully saturated rings. The molecule has 9 heterocycles. The quantitative estimate of drug-likeness (QED) is 0.0817. The molecule has 0 radical (unpaired) electrons. The van der Waals surface area contributed by atoms with Crippen molar-refractivity contribution in [2.45, 2.75) is 110 Å². The number of benzene rings is 1. The van der Waals surface area contributed by atoms with Gasteiger partial charge in [0.05, 0.1) is 40.3 Å². The molecule has 5 aromatic rings. The summed E-state index contributed by atoms with van der Waals surface area (Å²) in [5, 5.41) is 14.6. The number of carbonyl (C=O) groups excluding carboxylic acids is 5. The molecule has 4 aromatic heterocycles. The van der Waals surface area contributed by atoms with E-state index in [-0.39, 0.29) is 52.9 Å². The number of nitrogens with zero attached hydrogens (tertiary/aromatic N) is 10. The highest BCUT2D eigenvalue weighted by molar-refractivity contribution is 7.46. The second-order valence-electron chi connectivity index (χ2n) is 21.9. The Labute approximate surface area is 455 Å². The third-order valence-corrected chi connectivity index (χ3v) is 16.7. The molecule has 2 unspecified atom stereocenters. The number of phosphoric acid groups is 1. The number of fused-ring (bicyclic) bond motifs is 4. The molecule has 22 nitrogen and oxygen atoms in total. The predicted octanol–water partition coefficient (Wildman–Crippen LogP) is 5.68. The lowest BCUT2D eigenvalue weighted by Gasteiger charge is -2.46. The molecule has 0 bridgehead atoms. The zero-order valence-electron chi connectivity index (χ0n) is 47.0. The monoisotopic (exact) mass is 1090 g/mol. The van der Waals surface area contributed by atoms with Gasteiger partial charge in [0.25, 0.3) is 23.6 Å². The summed E-state index contributed by atoms with van der Waals surface area (Å²) >= 11 is 0. The number of phosphoric ester groups is 1. The zero-order valence-corrected chi connectivity index (χ0v) is 44.9. The van der Waals surface area contributed by atoms with Crippen LogP contribution in [0.4, 0.5) is 28.7 Å². The molecular formula is C55H64N11O11P. The minimum absolute atomic E-state index is 0.121. The number of amides is 5. The molecule has 410 valence electrons. The first-order valence-corrected chi connectivity index (χ1v) is 27.9. The smallest absolute Gasteiger partial charge is 0.471 e. The number of ether oxygens (including phenoxy) is 1. The van der Waals surface area contributed by atoms with Gasteiger partial charge in [-0.2, -0.15) is 0 Å². The number of methoxy groups -OCH3 is 1. The van der Waals surface area contributed by atoms with E-state index in [1.807, 2.05) is 12.1 Å². The van der Waals surface area contributed by atoms with Gasteiger partial charge in [-0.1, -0.05) is 13.8 Å². The van der Waals surface area contributed by atoms with Crippen molar-refractivity contribution in [3.63, 3.8) is 0 Å². The van der Waals surface area contributed by atoms with Gasteiger partial charge in [0.2, 0.25) is 11.8 Å². The standard InChI is InChI=1S/C55H64N11O11P/c1-31-30-61(36-14-17-60(18-15-36)37-7-9-40-41(25-37)52(70)66(51(40)69)43-10-12-47(68)65(54(43)72)33(3)77-78(73,74)75)19-20-62(31)38-8-11-46(57-29-38)59-42-23-35(28-58-50(42)76-6)39-13-16-56-49(48(39)32(2)67)64-22-21-63-44(53(64)71)24-34-26-55(4,5)27-45(34)63/h7-9,11,13,16,23-25,28-29,31-33,36,43,67H,10,12,14-15,17-22,26-27,30H2,1-6H3,(H,57,59)(H2,73,74,75)/t31-,32-,33?,43?/m0/s1/i6D3. The fourth-order valence-electron chi connectivity index (χ4n) is 12.6. The molecule has 5 aliphatic heterocycles. The molecule has 0 spiro atoms. The number of carbonyl (C=O) groups is 5. The normalized spacial score (nSPS) is 22.5. The highest BCUT2D eigenvalue weighted by Crippen LogP contribution is 2.43. The number of aliphatic hydroxyl groups is 1. The Balaban J connectivity index is 0.728. The zero-order chi connectivity index (χ0) is 57.6. The predicted molar refractivity (Wildman–Crippen MR) is 287 cm³/mol. The van der Waals surface area contributed by atoms with E-state index in [9.17, 15) is 43.4 Å². The fourth-order valence-corrected chi connectivity index (χ4v) is 13.1. The lowest BCUT2D eigenvalue weighted by atomic mass is 9.90. The Morgan fingerprint density at radius 1 is 0.833 bits per heavy atom. The van der Waals surface area contributed by atoms with Crippen LogP contribution in [0.2, 0.25) is 0 Å². The second kappa shape index (κ2) is 20.3. The van der Waals surface area contributed by atoms with E-state index in [4.69, 9.17) is 13.8 Å². The Hall–Kier alpha value is -7.07. The Bertz CT molecular complexity index is 3420. The highest BCUT2D eigenvalue weighted by atomic mass is 31.2. The van der Waals surface area contributed by atoms with Crippen LogP contribution in [0.3, 0.4) is 0 Å². The van der Waals surface area contributed by atoms with Gasteiger partial charge in [0.15, 0.2) is 0 Å². The topological polar surface area (TPSA) is 257 Å². The van der Waals surface area contributed by atoms with Gasteiger partial charge in [-0.3, -0.25) is 48.1 Å². The van der Waals surface area contributed by atoms with E-state index < -0.39 is 56.9 Å². The van der Waals surface area contributed by atoms with Crippen LogP contribution in [0.15, 0.2) is 67.1 Å². The van der Waals surface area contributed by atoms with Crippen molar-refractivity contribution in [1.82, 2.24) is 34.2 Å². The average Bonchev–Trinajstić information content (AvgIpc) is 3.31. The summed E-state index contributed by atoms with van der Waals surface area (Å²) in [6, 6.07) is 13.2. The molecule has 3 saturated heterocycles. The fraction of sp³-hybridized carbons (Fsp3) is 0.455. The van der Waals surface area contributed by atoms with Gasteiger partial charge >= 0.3 is 7.82 Å². The van der Waals surface area contributed by atoms with Gasteiger partial charge in [-0.15, -0.1) is 0 Å². The third kappa shape index (κ3) is 9.72. The molecule has 78 heavy (non-hydrogen) atoms. The average molecular weight is 1090 g/mol. The van der Waals surface area contributed by atoms with E-state index in [1.165, 1.54) is 17.5 Å². The van der Waals surface area contributed by atoms with E-state index in [0.717, 1.165) is 68.5 Å². The van der Waals surface area contributed by atoms with Crippen LogP contribution in [0.1, 0.15) is 119 Å². The van der Waals surface area contributed by atoms with Crippen molar-refractivity contribution < 1.29 is 56.8 Å². The number of hydrogen-bond acceptors (Lipinski definition) is 16. The molecule has 11 rings (SSSR count). The van der Waals surface area contributed by atoms with Crippen molar-refractivity contribution in [1.29, 1.82) is 0 Å². The van der Waals surface area contributed by atoms with Crippen LogP contribution >= 0.6 is 7.82 Å². The number of imide groups is 2. The summed E-state index contributed by atoms with van der Waals surface area (Å²) in [7, 11) is -7.90. The van der Waals surface area contributed by atoms with Crippen LogP contribution in [0, 0.1) is 5.41 Å². The van der Waals surface area contributed by atoms with Crippen LogP contribution in [0.5, 0.6) is 5.88 Å². The number of piperidine rings is 2. The summed E-state index contributed by atoms with van der Waals surface area (Å²) in [4.78, 5) is 110. The van der Waals surface area contributed by atoms with Crippen molar-refractivity contribution >= 4 is 66.1 Å². The molecule has 23 heteroatoms. The molecule has 5 amide bonds. The number of aromatic nitrogens is 4. The van der Waals surface area contributed by atoms with Crippen LogP contribution in [0.25, 0.3) is 11.1 Å². The van der Waals surface area contributed by atoms with Gasteiger partial charge in [-0.05, 0) is 118 Å². The van der Waals surface area contributed by atoms with E-state index in [0.29, 0.717) is 71.1 Å². The van der Waals surface area contributed by atoms with Crippen molar-refractivity contribution in [2.75, 3.05) is 66.3 Å². The van der Waals surface area contributed by atoms with E-state index in [2.05, 4.69) is 59.8 Å². The lowest BCUT2D eigenvalue weighted by molar-refractivity contribution is -0.161. The minimum atomic E-state index is -5.08. The number of hydrogen-bond donors (Lipinski definition) is 4. The first-order chi connectivity index (χ1) is 38.3. The van der Waals surface area contributed by atoms with Crippen LogP contribution in [-0.2, 0) is 38.1 Å². The van der Waals surface area contributed by atoms with Gasteiger partial charge < -0.3 is 39.3 Å². The number of rotatable bonds is 13. The molecule has 1 aliphatic carbocycles. The summed E-state index contributed by atoms with van der Waals surface area (Å²) in [6.07, 6.45) is 5.25. The van der Waals surface area contributed by atoms with E-state index in [1.54, 1.807) is 60.6 Å². The largest absolute Gasteiger partial charge is 0.480 e. The van der Waals surface area contributed by atoms with E-state index >= 15 is 0 Å². The van der Waals surface area contributed by atoms with Crippen LogP contribution in [-0.4, -0.2) is 149 Å². The Morgan fingerprint density at radius 3 is 2.32 bits per heavy atom. The molecular weight excluding hydrogens is 1020 g/mol. The number of aliphatic hydroxyl groups excluding tert-OH is 1. The summed E-state index contributed by atoms with van der Waals surface area (Å²) < 4.78 is 47.2. The first kappa shape index (κ1) is 49.2. The minimum Gasteiger partial charge on any atom is -0.480 e. The molecule has 0 saturated carbocycles. The van der Waals surface area contributed by atoms with Crippen molar-refractivity contribution in [2.24, 2.45) is 5.41 Å².